The summed E-state index contributed by atoms with van der Waals surface area (Å²) in [5.74, 6) is 0. The van der Waals surface area contributed by atoms with Crippen LogP contribution in [-0.2, 0) is 4.74 Å². The molecule has 20 heavy (non-hydrogen) atoms. The Morgan fingerprint density at radius 1 is 1.25 bits per heavy atom. The number of ether oxygens (including phenoxy) is 1. The van der Waals surface area contributed by atoms with Crippen molar-refractivity contribution in [3.05, 3.63) is 0 Å². The van der Waals surface area contributed by atoms with Crippen molar-refractivity contribution in [3.63, 3.8) is 0 Å². The zero-order valence-electron chi connectivity index (χ0n) is 12.8. The number of carbonyl (C=O) groups excluding carboxylic acids is 1. The van der Waals surface area contributed by atoms with Gasteiger partial charge in [-0.2, -0.15) is 0 Å². The average Bonchev–Trinajstić information content (AvgIpc) is 2.43. The van der Waals surface area contributed by atoms with E-state index in [9.17, 15) is 4.79 Å². The van der Waals surface area contributed by atoms with Crippen molar-refractivity contribution in [1.29, 1.82) is 0 Å². The molecule has 116 valence electrons. The van der Waals surface area contributed by atoms with Gasteiger partial charge in [0.05, 0.1) is 27.2 Å². The van der Waals surface area contributed by atoms with Gasteiger partial charge in [-0.25, -0.2) is 4.79 Å². The van der Waals surface area contributed by atoms with Crippen LogP contribution in [0.4, 0.5) is 4.79 Å². The number of nitrogens with one attached hydrogen (secondary N) is 2. The molecule has 0 bridgehead atoms. The molecule has 0 radical (unpaired) electrons. The number of quaternary nitrogens is 1. The molecule has 1 aliphatic heterocycles. The number of carbonyl (C=O) groups is 1. The number of thiocarbonyl (C=S) groups is 1. The van der Waals surface area contributed by atoms with E-state index in [4.69, 9.17) is 17.0 Å². The van der Waals surface area contributed by atoms with Crippen LogP contribution in [0.1, 0.15) is 13.3 Å². The second kappa shape index (κ2) is 8.97. The predicted octanol–water partition coefficient (Wildman–Crippen LogP) is -0.830. The van der Waals surface area contributed by atoms with Gasteiger partial charge >= 0.3 is 6.09 Å². The summed E-state index contributed by atoms with van der Waals surface area (Å²) < 4.78 is 5.00. The Hall–Kier alpha value is -1.08. The van der Waals surface area contributed by atoms with Crippen molar-refractivity contribution in [2.45, 2.75) is 13.3 Å². The molecule has 0 aliphatic carbocycles. The molecule has 0 atom stereocenters. The van der Waals surface area contributed by atoms with E-state index >= 15 is 0 Å². The third kappa shape index (κ3) is 5.92. The van der Waals surface area contributed by atoms with Gasteiger partial charge in [0.15, 0.2) is 5.11 Å². The molecule has 0 aromatic rings. The molecule has 1 heterocycles. The first-order chi connectivity index (χ1) is 9.54. The predicted molar refractivity (Wildman–Crippen MR) is 83.1 cm³/mol. The van der Waals surface area contributed by atoms with Crippen LogP contribution in [0.5, 0.6) is 0 Å². The minimum absolute atomic E-state index is 0.222. The Bertz CT molecular complexity index is 317. The Morgan fingerprint density at radius 3 is 2.40 bits per heavy atom. The van der Waals surface area contributed by atoms with E-state index in [-0.39, 0.29) is 6.09 Å². The Balaban J connectivity index is 2.20. The van der Waals surface area contributed by atoms with Crippen LogP contribution in [0.15, 0.2) is 0 Å². The maximum atomic E-state index is 11.6. The second-order valence-corrected chi connectivity index (χ2v) is 5.60. The molecule has 1 amide bonds. The summed E-state index contributed by atoms with van der Waals surface area (Å²) in [6.45, 7) is 7.15. The molecule has 7 heteroatoms. The molecule has 0 aromatic carbocycles. The highest BCUT2D eigenvalue weighted by atomic mass is 32.1. The summed E-state index contributed by atoms with van der Waals surface area (Å²) in [5, 5.41) is 4.08. The Labute approximate surface area is 127 Å². The molecular formula is C13H27N4O2S+. The van der Waals surface area contributed by atoms with Crippen LogP contribution in [0.2, 0.25) is 0 Å². The highest BCUT2D eigenvalue weighted by molar-refractivity contribution is 7.80. The van der Waals surface area contributed by atoms with E-state index < -0.39 is 0 Å². The molecule has 1 saturated heterocycles. The first kappa shape index (κ1) is 17.0. The highest BCUT2D eigenvalue weighted by Gasteiger charge is 2.22. The molecule has 1 rings (SSSR count). The van der Waals surface area contributed by atoms with Gasteiger partial charge in [0.2, 0.25) is 0 Å². The van der Waals surface area contributed by atoms with E-state index in [1.807, 2.05) is 6.92 Å². The monoisotopic (exact) mass is 303 g/mol. The maximum Gasteiger partial charge on any atom is 0.409 e. The van der Waals surface area contributed by atoms with Crippen molar-refractivity contribution >= 4 is 23.4 Å². The first-order valence-corrected chi connectivity index (χ1v) is 7.69. The minimum atomic E-state index is -0.222. The van der Waals surface area contributed by atoms with Gasteiger partial charge in [-0.3, -0.25) is 0 Å². The van der Waals surface area contributed by atoms with Crippen molar-refractivity contribution in [1.82, 2.24) is 15.1 Å². The van der Waals surface area contributed by atoms with E-state index in [0.717, 1.165) is 37.7 Å². The first-order valence-electron chi connectivity index (χ1n) is 7.28. The highest BCUT2D eigenvalue weighted by Crippen LogP contribution is 2.04. The lowest BCUT2D eigenvalue weighted by molar-refractivity contribution is -0.858. The largest absolute Gasteiger partial charge is 0.450 e. The number of nitrogens with zero attached hydrogens (tertiary/aromatic N) is 2. The van der Waals surface area contributed by atoms with Gasteiger partial charge in [-0.15, -0.1) is 0 Å². The van der Waals surface area contributed by atoms with E-state index in [2.05, 4.69) is 24.3 Å². The van der Waals surface area contributed by atoms with Crippen LogP contribution in [0, 0.1) is 0 Å². The topological polar surface area (TPSA) is 49.2 Å². The quantitative estimate of drug-likeness (QED) is 0.513. The van der Waals surface area contributed by atoms with Crippen molar-refractivity contribution in [3.8, 4) is 0 Å². The van der Waals surface area contributed by atoms with Gasteiger partial charge in [-0.1, -0.05) is 0 Å². The molecule has 1 fully saturated rings. The summed E-state index contributed by atoms with van der Waals surface area (Å²) in [4.78, 5) is 16.9. The third-order valence-electron chi connectivity index (χ3n) is 3.22. The fraction of sp³-hybridized carbons (Fsp3) is 0.846. The van der Waals surface area contributed by atoms with Gasteiger partial charge in [0, 0.05) is 39.1 Å². The van der Waals surface area contributed by atoms with Crippen LogP contribution in [0.25, 0.3) is 0 Å². The van der Waals surface area contributed by atoms with Gasteiger partial charge in [-0.05, 0) is 19.1 Å². The second-order valence-electron chi connectivity index (χ2n) is 5.22. The number of piperazine rings is 1. The minimum Gasteiger partial charge on any atom is -0.450 e. The maximum absolute atomic E-state index is 11.6. The number of hydrogen-bond donors (Lipinski definition) is 2. The smallest absolute Gasteiger partial charge is 0.409 e. The average molecular weight is 303 g/mol. The van der Waals surface area contributed by atoms with Crippen LogP contribution in [-0.4, -0.2) is 81.0 Å². The van der Waals surface area contributed by atoms with E-state index in [1.165, 1.54) is 4.90 Å². The molecule has 0 spiro atoms. The molecular weight excluding hydrogens is 276 g/mol. The van der Waals surface area contributed by atoms with E-state index in [0.29, 0.717) is 19.7 Å². The molecule has 0 saturated carbocycles. The zero-order valence-corrected chi connectivity index (χ0v) is 13.6. The molecule has 6 nitrogen and oxygen atoms in total. The molecule has 1 aliphatic rings. The van der Waals surface area contributed by atoms with Gasteiger partial charge in [0.25, 0.3) is 0 Å². The zero-order chi connectivity index (χ0) is 15.0. The lowest BCUT2D eigenvalue weighted by Crippen LogP contribution is -3.05. The normalized spacial score (nSPS) is 15.4. The SMILES string of the molecule is CCOC(=O)N1CCN(C(=S)NCCC[NH+](C)C)CC1. The molecule has 2 N–H and O–H groups in total. The van der Waals surface area contributed by atoms with Gasteiger partial charge < -0.3 is 24.8 Å². The van der Waals surface area contributed by atoms with Crippen molar-refractivity contribution in [2.24, 2.45) is 0 Å². The van der Waals surface area contributed by atoms with E-state index in [1.54, 1.807) is 4.90 Å². The van der Waals surface area contributed by atoms with Crippen molar-refractivity contribution < 1.29 is 14.4 Å². The summed E-state index contributed by atoms with van der Waals surface area (Å²) >= 11 is 5.38. The number of amides is 1. The van der Waals surface area contributed by atoms with Crippen LogP contribution >= 0.6 is 12.2 Å². The lowest BCUT2D eigenvalue weighted by atomic mass is 10.3. The number of hydrogen-bond acceptors (Lipinski definition) is 3. The fourth-order valence-corrected chi connectivity index (χ4v) is 2.34. The third-order valence-corrected chi connectivity index (χ3v) is 3.63. The van der Waals surface area contributed by atoms with Crippen molar-refractivity contribution in [2.75, 3.05) is 60.0 Å². The summed E-state index contributed by atoms with van der Waals surface area (Å²) in [7, 11) is 4.29. The van der Waals surface area contributed by atoms with Gasteiger partial charge in [0.1, 0.15) is 0 Å². The van der Waals surface area contributed by atoms with Crippen LogP contribution < -0.4 is 10.2 Å². The Morgan fingerprint density at radius 2 is 1.85 bits per heavy atom. The standard InChI is InChI=1S/C13H26N4O2S/c1-4-19-13(18)17-10-8-16(9-11-17)12(20)14-6-5-7-15(2)3/h4-11H2,1-3H3,(H,14,20)/p+1. The number of rotatable bonds is 5. The Kier molecular flexibility index (Phi) is 7.61. The summed E-state index contributed by atoms with van der Waals surface area (Å²) in [6, 6.07) is 0. The van der Waals surface area contributed by atoms with Crippen LogP contribution in [0.3, 0.4) is 0 Å². The molecule has 0 aromatic heterocycles. The molecule has 0 unspecified atom stereocenters. The summed E-state index contributed by atoms with van der Waals surface area (Å²) in [5.41, 5.74) is 0. The summed E-state index contributed by atoms with van der Waals surface area (Å²) in [6.07, 6.45) is 0.880. The fourth-order valence-electron chi connectivity index (χ4n) is 2.06. The lowest BCUT2D eigenvalue weighted by Gasteiger charge is -2.35.